The molecule has 2 aromatic rings. The molecule has 8 heteroatoms. The molecule has 0 fully saturated rings. The molecule has 1 unspecified atom stereocenters. The first-order valence-electron chi connectivity index (χ1n) is 9.10. The second-order valence-electron chi connectivity index (χ2n) is 6.33. The topological polar surface area (TPSA) is 59.0 Å². The van der Waals surface area contributed by atoms with Crippen LogP contribution < -0.4 is 5.32 Å². The molecule has 0 saturated carbocycles. The van der Waals surface area contributed by atoms with Gasteiger partial charge in [-0.1, -0.05) is 24.3 Å². The van der Waals surface area contributed by atoms with Crippen LogP contribution in [-0.2, 0) is 29.2 Å². The van der Waals surface area contributed by atoms with E-state index in [9.17, 15) is 0 Å². The molecule has 0 amide bonds. The van der Waals surface area contributed by atoms with Gasteiger partial charge in [0.25, 0.3) is 0 Å². The molecule has 6 nitrogen and oxygen atoms in total. The highest BCUT2D eigenvalue weighted by Gasteiger charge is 2.12. The van der Waals surface area contributed by atoms with Crippen molar-refractivity contribution in [3.8, 4) is 0 Å². The number of guanidine groups is 1. The largest absolute Gasteiger partial charge is 0.380 e. The molecule has 1 aromatic carbocycles. The van der Waals surface area contributed by atoms with Gasteiger partial charge in [-0.25, -0.2) is 9.98 Å². The van der Waals surface area contributed by atoms with E-state index >= 15 is 0 Å². The first-order chi connectivity index (χ1) is 13.1. The summed E-state index contributed by atoms with van der Waals surface area (Å²) in [6.07, 6.45) is 0.0250. The van der Waals surface area contributed by atoms with Crippen molar-refractivity contribution in [3.05, 3.63) is 51.5 Å². The van der Waals surface area contributed by atoms with Crippen LogP contribution in [0.1, 0.15) is 41.8 Å². The average Bonchev–Trinajstić information content (AvgIpc) is 3.14. The molecule has 1 aromatic heterocycles. The van der Waals surface area contributed by atoms with Crippen molar-refractivity contribution >= 4 is 41.3 Å². The summed E-state index contributed by atoms with van der Waals surface area (Å²) in [5.41, 5.74) is 3.36. The normalized spacial score (nSPS) is 12.4. The predicted molar refractivity (Wildman–Crippen MR) is 126 cm³/mol. The van der Waals surface area contributed by atoms with E-state index < -0.39 is 0 Å². The first-order valence-corrected chi connectivity index (χ1v) is 9.98. The number of thiazole rings is 1. The van der Waals surface area contributed by atoms with Crippen molar-refractivity contribution in [1.29, 1.82) is 0 Å². The molecule has 1 heterocycles. The molecular weight excluding hydrogens is 487 g/mol. The molecule has 0 saturated heterocycles. The number of ether oxygens (including phenoxy) is 2. The van der Waals surface area contributed by atoms with Crippen LogP contribution in [0.4, 0.5) is 0 Å². The highest BCUT2D eigenvalue weighted by atomic mass is 127. The van der Waals surface area contributed by atoms with Gasteiger partial charge in [0.2, 0.25) is 0 Å². The summed E-state index contributed by atoms with van der Waals surface area (Å²) in [4.78, 5) is 11.5. The first kappa shape index (κ1) is 24.8. The molecule has 1 atom stereocenters. The number of halogens is 1. The summed E-state index contributed by atoms with van der Waals surface area (Å²) in [6.45, 7) is 6.86. The van der Waals surface area contributed by atoms with Gasteiger partial charge in [0.05, 0.1) is 25.4 Å². The van der Waals surface area contributed by atoms with Crippen molar-refractivity contribution in [2.24, 2.45) is 4.99 Å². The maximum absolute atomic E-state index is 5.34. The minimum atomic E-state index is 0. The standard InChI is InChI=1S/C20H30N4O2S.HI/c1-6-21-20(22-11-16-7-9-17(10-8-16)13-25-4)24(3)12-18-14-27-19(23-18)15(2)26-5;/h7-10,14-15H,6,11-13H2,1-5H3,(H,21,22);1H. The number of rotatable bonds is 9. The van der Waals surface area contributed by atoms with Gasteiger partial charge in [-0.05, 0) is 25.0 Å². The molecule has 2 rings (SSSR count). The summed E-state index contributed by atoms with van der Waals surface area (Å²) in [6, 6.07) is 8.36. The van der Waals surface area contributed by atoms with Gasteiger partial charge in [0.15, 0.2) is 5.96 Å². The summed E-state index contributed by atoms with van der Waals surface area (Å²) in [5.74, 6) is 0.868. The number of hydrogen-bond donors (Lipinski definition) is 1. The van der Waals surface area contributed by atoms with Crippen molar-refractivity contribution in [2.75, 3.05) is 27.8 Å². The Balaban J connectivity index is 0.00000392. The Morgan fingerprint density at radius 1 is 1.25 bits per heavy atom. The number of nitrogens with one attached hydrogen (secondary N) is 1. The molecular formula is C20H31IN4O2S. The second kappa shape index (κ2) is 13.1. The lowest BCUT2D eigenvalue weighted by Crippen LogP contribution is -2.38. The second-order valence-corrected chi connectivity index (χ2v) is 7.22. The number of aromatic nitrogens is 1. The van der Waals surface area contributed by atoms with Gasteiger partial charge >= 0.3 is 0 Å². The minimum Gasteiger partial charge on any atom is -0.380 e. The molecule has 156 valence electrons. The Morgan fingerprint density at radius 3 is 2.54 bits per heavy atom. The summed E-state index contributed by atoms with van der Waals surface area (Å²) < 4.78 is 10.5. The van der Waals surface area contributed by atoms with Gasteiger partial charge in [-0.2, -0.15) is 0 Å². The minimum absolute atomic E-state index is 0. The number of hydrogen-bond acceptors (Lipinski definition) is 5. The van der Waals surface area contributed by atoms with Crippen molar-refractivity contribution in [3.63, 3.8) is 0 Å². The van der Waals surface area contributed by atoms with Gasteiger partial charge < -0.3 is 19.7 Å². The zero-order valence-electron chi connectivity index (χ0n) is 17.3. The molecule has 28 heavy (non-hydrogen) atoms. The quantitative estimate of drug-likeness (QED) is 0.306. The molecule has 1 N–H and O–H groups in total. The summed E-state index contributed by atoms with van der Waals surface area (Å²) in [5, 5.41) is 6.43. The Morgan fingerprint density at radius 2 is 1.93 bits per heavy atom. The van der Waals surface area contributed by atoms with E-state index in [1.165, 1.54) is 11.1 Å². The highest BCUT2D eigenvalue weighted by molar-refractivity contribution is 14.0. The fourth-order valence-electron chi connectivity index (χ4n) is 2.54. The SMILES string of the molecule is CCNC(=NCc1ccc(COC)cc1)N(C)Cc1csc(C(C)OC)n1.I. The monoisotopic (exact) mass is 518 g/mol. The molecule has 0 radical (unpaired) electrons. The Bertz CT molecular complexity index is 721. The van der Waals surface area contributed by atoms with E-state index in [1.54, 1.807) is 25.6 Å². The summed E-state index contributed by atoms with van der Waals surface area (Å²) >= 11 is 1.63. The number of methoxy groups -OCH3 is 2. The van der Waals surface area contributed by atoms with E-state index in [1.807, 2.05) is 14.0 Å². The van der Waals surface area contributed by atoms with Crippen LogP contribution in [0.2, 0.25) is 0 Å². The molecule has 0 spiro atoms. The van der Waals surface area contributed by atoms with Crippen LogP contribution in [0.5, 0.6) is 0 Å². The van der Waals surface area contributed by atoms with E-state index in [-0.39, 0.29) is 30.1 Å². The highest BCUT2D eigenvalue weighted by Crippen LogP contribution is 2.21. The van der Waals surface area contributed by atoms with Crippen molar-refractivity contribution in [2.45, 2.75) is 39.6 Å². The zero-order chi connectivity index (χ0) is 19.6. The number of benzene rings is 1. The maximum Gasteiger partial charge on any atom is 0.194 e. The van der Waals surface area contributed by atoms with Crippen molar-refractivity contribution in [1.82, 2.24) is 15.2 Å². The van der Waals surface area contributed by atoms with E-state index in [0.717, 1.165) is 23.2 Å². The number of nitrogens with zero attached hydrogens (tertiary/aromatic N) is 3. The fourth-order valence-corrected chi connectivity index (χ4v) is 3.39. The van der Waals surface area contributed by atoms with E-state index in [4.69, 9.17) is 14.5 Å². The molecule has 0 bridgehead atoms. The lowest BCUT2D eigenvalue weighted by Gasteiger charge is -2.21. The van der Waals surface area contributed by atoms with Gasteiger partial charge in [-0.3, -0.25) is 0 Å². The van der Waals surface area contributed by atoms with Gasteiger partial charge in [0.1, 0.15) is 11.1 Å². The predicted octanol–water partition coefficient (Wildman–Crippen LogP) is 4.21. The summed E-state index contributed by atoms with van der Waals surface area (Å²) in [7, 11) is 5.44. The van der Waals surface area contributed by atoms with Crippen LogP contribution in [0.3, 0.4) is 0 Å². The third-order valence-electron chi connectivity index (χ3n) is 4.11. The van der Waals surface area contributed by atoms with Crippen LogP contribution in [0.25, 0.3) is 0 Å². The third kappa shape index (κ3) is 7.65. The van der Waals surface area contributed by atoms with E-state index in [2.05, 4.69) is 51.8 Å². The van der Waals surface area contributed by atoms with Gasteiger partial charge in [0, 0.05) is 33.2 Å². The molecule has 0 aliphatic rings. The third-order valence-corrected chi connectivity index (χ3v) is 5.17. The van der Waals surface area contributed by atoms with Crippen molar-refractivity contribution < 1.29 is 9.47 Å². The maximum atomic E-state index is 5.34. The fraction of sp³-hybridized carbons (Fsp3) is 0.500. The Hall–Kier alpha value is -1.23. The van der Waals surface area contributed by atoms with Crippen LogP contribution in [-0.4, -0.2) is 43.7 Å². The van der Waals surface area contributed by atoms with E-state index in [0.29, 0.717) is 19.7 Å². The van der Waals surface area contributed by atoms with Crippen LogP contribution in [0, 0.1) is 0 Å². The lowest BCUT2D eigenvalue weighted by atomic mass is 10.1. The van der Waals surface area contributed by atoms with Crippen LogP contribution in [0.15, 0.2) is 34.6 Å². The van der Waals surface area contributed by atoms with Gasteiger partial charge in [-0.15, -0.1) is 35.3 Å². The molecule has 0 aliphatic heterocycles. The Labute approximate surface area is 189 Å². The Kier molecular flexibility index (Phi) is 11.6. The zero-order valence-corrected chi connectivity index (χ0v) is 20.4. The molecule has 0 aliphatic carbocycles. The van der Waals surface area contributed by atoms with Crippen LogP contribution >= 0.6 is 35.3 Å². The lowest BCUT2D eigenvalue weighted by molar-refractivity contribution is 0.119. The average molecular weight is 518 g/mol. The smallest absolute Gasteiger partial charge is 0.194 e. The number of aliphatic imine (C=N–C) groups is 1.